The second kappa shape index (κ2) is 12.8. The zero-order chi connectivity index (χ0) is 25.5. The van der Waals surface area contributed by atoms with Gasteiger partial charge in [-0.1, -0.05) is 96.9 Å². The van der Waals surface area contributed by atoms with Gasteiger partial charge in [0, 0.05) is 0 Å². The van der Waals surface area contributed by atoms with Gasteiger partial charge in [-0.15, -0.1) is 12.8 Å². The van der Waals surface area contributed by atoms with Crippen LogP contribution in [0.5, 0.6) is 0 Å². The molecule has 0 aromatic heterocycles. The fraction of sp³-hybridized carbons (Fsp3) is 0.812. The second-order valence-corrected chi connectivity index (χ2v) is 12.4. The number of unbranched alkanes of at least 4 members (excludes halogenated alkanes) is 2. The van der Waals surface area contributed by atoms with Gasteiger partial charge in [-0.05, 0) is 79.4 Å². The van der Waals surface area contributed by atoms with Crippen LogP contribution in [-0.2, 0) is 0 Å². The van der Waals surface area contributed by atoms with Crippen molar-refractivity contribution in [1.29, 1.82) is 0 Å². The van der Waals surface area contributed by atoms with Gasteiger partial charge in [0.05, 0.1) is 12.2 Å². The molecule has 4 aliphatic rings. The molecule has 4 aliphatic carbocycles. The van der Waals surface area contributed by atoms with Crippen LogP contribution < -0.4 is 0 Å². The van der Waals surface area contributed by atoms with Crippen molar-refractivity contribution in [3.8, 4) is 12.8 Å². The molecule has 194 valence electrons. The van der Waals surface area contributed by atoms with E-state index in [-0.39, 0.29) is 5.41 Å². The molecule has 0 aliphatic heterocycles. The largest absolute Gasteiger partial charge is 0.390 e. The average Bonchev–Trinajstić information content (AvgIpc) is 3.15. The predicted octanol–water partition coefficient (Wildman–Crippen LogP) is 8.09. The lowest BCUT2D eigenvalue weighted by atomic mass is 9.50. The molecule has 0 amide bonds. The van der Waals surface area contributed by atoms with Crippen molar-refractivity contribution >= 4 is 0 Å². The van der Waals surface area contributed by atoms with Crippen molar-refractivity contribution in [2.75, 3.05) is 0 Å². The minimum Gasteiger partial charge on any atom is -0.390 e. The maximum atomic E-state index is 10.4. The molecule has 0 aromatic rings. The summed E-state index contributed by atoms with van der Waals surface area (Å²) in [5, 5.41) is 20.6. The van der Waals surface area contributed by atoms with Gasteiger partial charge in [0.2, 0.25) is 0 Å². The van der Waals surface area contributed by atoms with Crippen LogP contribution in [0.25, 0.3) is 0 Å². The number of terminal acetylenes is 1. The SMILES string of the molecule is C#C.CC(C)CCCCC1CCC2C3=CC=C4C[C@@H](O)[C@@H](O)C[C@]4(C)C3CC[C@]12C.CCCC. The number of aliphatic hydroxyl groups is 2. The molecule has 3 unspecified atom stereocenters. The van der Waals surface area contributed by atoms with Gasteiger partial charge in [0.1, 0.15) is 0 Å². The van der Waals surface area contributed by atoms with Gasteiger partial charge in [-0.2, -0.15) is 0 Å². The van der Waals surface area contributed by atoms with Gasteiger partial charge in [0.25, 0.3) is 0 Å². The molecule has 0 aromatic carbocycles. The lowest BCUT2D eigenvalue weighted by Gasteiger charge is -2.55. The molecule has 0 bridgehead atoms. The monoisotopic (exact) mass is 470 g/mol. The van der Waals surface area contributed by atoms with E-state index in [1.807, 2.05) is 0 Å². The summed E-state index contributed by atoms with van der Waals surface area (Å²) in [4.78, 5) is 0. The molecule has 2 N–H and O–H groups in total. The predicted molar refractivity (Wildman–Crippen MR) is 146 cm³/mol. The summed E-state index contributed by atoms with van der Waals surface area (Å²) in [7, 11) is 0. The first-order valence-electron chi connectivity index (χ1n) is 14.3. The molecule has 34 heavy (non-hydrogen) atoms. The minimum atomic E-state index is -0.579. The Morgan fingerprint density at radius 2 is 1.62 bits per heavy atom. The fourth-order valence-electron chi connectivity index (χ4n) is 7.56. The smallest absolute Gasteiger partial charge is 0.0836 e. The van der Waals surface area contributed by atoms with Gasteiger partial charge < -0.3 is 10.2 Å². The first kappa shape index (κ1) is 29.2. The Balaban J connectivity index is 0.000000618. The first-order chi connectivity index (χ1) is 16.2. The molecule has 2 nitrogen and oxygen atoms in total. The van der Waals surface area contributed by atoms with Crippen LogP contribution in [0.3, 0.4) is 0 Å². The number of rotatable bonds is 6. The molecule has 7 atom stereocenters. The maximum Gasteiger partial charge on any atom is 0.0836 e. The van der Waals surface area contributed by atoms with Crippen LogP contribution in [0, 0.1) is 47.3 Å². The van der Waals surface area contributed by atoms with Crippen LogP contribution in [0.4, 0.5) is 0 Å². The summed E-state index contributed by atoms with van der Waals surface area (Å²) >= 11 is 0. The second-order valence-electron chi connectivity index (χ2n) is 12.4. The molecule has 0 heterocycles. The summed E-state index contributed by atoms with van der Waals surface area (Å²) in [6.45, 7) is 14.0. The van der Waals surface area contributed by atoms with E-state index < -0.39 is 12.2 Å². The maximum absolute atomic E-state index is 10.4. The lowest BCUT2D eigenvalue weighted by molar-refractivity contribution is -0.0449. The summed E-state index contributed by atoms with van der Waals surface area (Å²) in [5.41, 5.74) is 3.60. The van der Waals surface area contributed by atoms with Crippen LogP contribution in [0.1, 0.15) is 119 Å². The van der Waals surface area contributed by atoms with Crippen LogP contribution in [0.15, 0.2) is 23.3 Å². The van der Waals surface area contributed by atoms with Crippen molar-refractivity contribution in [2.45, 2.75) is 131 Å². The number of hydrogen-bond donors (Lipinski definition) is 2. The molecular weight excluding hydrogens is 416 g/mol. The van der Waals surface area contributed by atoms with Crippen molar-refractivity contribution in [3.05, 3.63) is 23.3 Å². The highest BCUT2D eigenvalue weighted by atomic mass is 16.3. The number of allylic oxidation sites excluding steroid dienone is 3. The highest BCUT2D eigenvalue weighted by Crippen LogP contribution is 2.65. The number of fused-ring (bicyclic) bond motifs is 5. The summed E-state index contributed by atoms with van der Waals surface area (Å²) < 4.78 is 0. The first-order valence-corrected chi connectivity index (χ1v) is 14.3. The van der Waals surface area contributed by atoms with E-state index in [1.54, 1.807) is 5.57 Å². The van der Waals surface area contributed by atoms with E-state index in [0.717, 1.165) is 24.2 Å². The summed E-state index contributed by atoms with van der Waals surface area (Å²) in [6, 6.07) is 0. The Bertz CT molecular complexity index is 714. The third-order valence-corrected chi connectivity index (χ3v) is 9.88. The minimum absolute atomic E-state index is 0.0550. The summed E-state index contributed by atoms with van der Waals surface area (Å²) in [5.74, 6) is 3.04. The Kier molecular flexibility index (Phi) is 11.0. The Morgan fingerprint density at radius 1 is 0.941 bits per heavy atom. The highest BCUT2D eigenvalue weighted by Gasteiger charge is 2.56. The van der Waals surface area contributed by atoms with Crippen molar-refractivity contribution < 1.29 is 10.2 Å². The standard InChI is InChI=1S/C26H42O2.C4H10.C2H2/c1-17(2)7-5-6-8-18-10-12-21-20-11-9-19-15-23(27)24(28)16-26(19,4)22(20)13-14-25(18,21)3;1-3-4-2;1-2/h9,11,17-18,21-24,27-28H,5-8,10,12-16H2,1-4H3;3-4H2,1-2H3;1-2H/t18?,21?,22?,23-,24+,25-,26+;;/m1../s1. The van der Waals surface area contributed by atoms with Crippen LogP contribution in [0.2, 0.25) is 0 Å². The third-order valence-electron chi connectivity index (χ3n) is 9.88. The zero-order valence-electron chi connectivity index (χ0n) is 23.2. The van der Waals surface area contributed by atoms with E-state index in [1.165, 1.54) is 69.8 Å². The van der Waals surface area contributed by atoms with Gasteiger partial charge >= 0.3 is 0 Å². The molecule has 0 radical (unpaired) electrons. The van der Waals surface area contributed by atoms with E-state index >= 15 is 0 Å². The van der Waals surface area contributed by atoms with Crippen LogP contribution >= 0.6 is 0 Å². The van der Waals surface area contributed by atoms with E-state index in [4.69, 9.17) is 0 Å². The fourth-order valence-corrected chi connectivity index (χ4v) is 7.56. The molecule has 0 spiro atoms. The third kappa shape index (κ3) is 6.02. The van der Waals surface area contributed by atoms with Gasteiger partial charge in [0.15, 0.2) is 0 Å². The van der Waals surface area contributed by atoms with E-state index in [2.05, 4.69) is 66.5 Å². The quantitative estimate of drug-likeness (QED) is 0.304. The Labute approximate surface area is 211 Å². The van der Waals surface area contributed by atoms with Crippen molar-refractivity contribution in [3.63, 3.8) is 0 Å². The zero-order valence-corrected chi connectivity index (χ0v) is 23.2. The van der Waals surface area contributed by atoms with E-state index in [9.17, 15) is 10.2 Å². The molecule has 4 rings (SSSR count). The molecule has 3 fully saturated rings. The van der Waals surface area contributed by atoms with Crippen LogP contribution in [-0.4, -0.2) is 22.4 Å². The molecule has 0 saturated heterocycles. The van der Waals surface area contributed by atoms with Crippen molar-refractivity contribution in [2.24, 2.45) is 34.5 Å². The number of aliphatic hydroxyl groups excluding tert-OH is 2. The van der Waals surface area contributed by atoms with Gasteiger partial charge in [-0.3, -0.25) is 0 Å². The highest BCUT2D eigenvalue weighted by molar-refractivity contribution is 5.39. The lowest BCUT2D eigenvalue weighted by Crippen LogP contribution is -2.49. The molecule has 3 saturated carbocycles. The van der Waals surface area contributed by atoms with Crippen molar-refractivity contribution in [1.82, 2.24) is 0 Å². The topological polar surface area (TPSA) is 40.5 Å². The Hall–Kier alpha value is -1.04. The normalized spacial score (nSPS) is 38.1. The Morgan fingerprint density at radius 3 is 2.24 bits per heavy atom. The molecular formula is C32H54O2. The number of hydrogen-bond acceptors (Lipinski definition) is 2. The summed E-state index contributed by atoms with van der Waals surface area (Å²) in [6.07, 6.45) is 26.6. The molecule has 2 heteroatoms. The average molecular weight is 471 g/mol. The van der Waals surface area contributed by atoms with Gasteiger partial charge in [-0.25, -0.2) is 0 Å². The van der Waals surface area contributed by atoms with E-state index in [0.29, 0.717) is 17.8 Å².